The van der Waals surface area contributed by atoms with Crippen LogP contribution in [0.5, 0.6) is 5.75 Å². The maximum atomic E-state index is 12.2. The molecule has 2 N–H and O–H groups in total. The molecule has 1 aliphatic carbocycles. The molecule has 1 saturated carbocycles. The van der Waals surface area contributed by atoms with Crippen LogP contribution >= 0.6 is 0 Å². The number of nitrogens with zero attached hydrogens (tertiary/aromatic N) is 1. The predicted octanol–water partition coefficient (Wildman–Crippen LogP) is 1.60. The number of carbonyl (C=O) groups excluding carboxylic acids is 1. The topological polar surface area (TPSA) is 79.3 Å². The summed E-state index contributed by atoms with van der Waals surface area (Å²) in [5.74, 6) is 0.0772. The number of aromatic nitrogens is 1. The summed E-state index contributed by atoms with van der Waals surface area (Å²) in [6, 6.07) is 2.91. The van der Waals surface area contributed by atoms with Crippen molar-refractivity contribution in [1.29, 1.82) is 0 Å². The average molecular weight is 296 g/mol. The van der Waals surface area contributed by atoms with Gasteiger partial charge in [-0.15, -0.1) is 0 Å². The minimum Gasteiger partial charge on any atom is -0.505 e. The van der Waals surface area contributed by atoms with Crippen LogP contribution in [0.15, 0.2) is 18.3 Å². The average Bonchev–Trinajstić information content (AvgIpc) is 2.47. The van der Waals surface area contributed by atoms with E-state index in [9.17, 15) is 14.1 Å². The van der Waals surface area contributed by atoms with Gasteiger partial charge in [0, 0.05) is 28.8 Å². The Morgan fingerprint density at radius 1 is 1.50 bits per heavy atom. The van der Waals surface area contributed by atoms with E-state index < -0.39 is 16.7 Å². The van der Waals surface area contributed by atoms with Gasteiger partial charge in [-0.2, -0.15) is 0 Å². The standard InChI is InChI=1S/C14H20N2O3S/c1-2-20(19)12-8-4-3-6-10(12)16-14(18)13-11(17)7-5-9-15-13/h5,7,9-10,12,17H,2-4,6,8H2,1H3,(H,16,18). The number of aromatic hydroxyl groups is 1. The van der Waals surface area contributed by atoms with Crippen molar-refractivity contribution in [3.63, 3.8) is 0 Å². The zero-order valence-electron chi connectivity index (χ0n) is 11.5. The molecule has 0 bridgehead atoms. The van der Waals surface area contributed by atoms with Gasteiger partial charge in [0.05, 0.1) is 5.25 Å². The van der Waals surface area contributed by atoms with Crippen LogP contribution in [0.4, 0.5) is 0 Å². The van der Waals surface area contributed by atoms with Crippen molar-refractivity contribution in [2.45, 2.75) is 43.9 Å². The maximum Gasteiger partial charge on any atom is 0.273 e. The van der Waals surface area contributed by atoms with E-state index in [1.165, 1.54) is 12.3 Å². The van der Waals surface area contributed by atoms with Crippen LogP contribution < -0.4 is 5.32 Å². The van der Waals surface area contributed by atoms with Crippen LogP contribution in [0.3, 0.4) is 0 Å². The van der Waals surface area contributed by atoms with Gasteiger partial charge in [-0.05, 0) is 25.0 Å². The first-order valence-corrected chi connectivity index (χ1v) is 8.33. The number of carbonyl (C=O) groups is 1. The molecule has 1 aromatic rings. The molecule has 0 spiro atoms. The fourth-order valence-electron chi connectivity index (χ4n) is 2.60. The smallest absolute Gasteiger partial charge is 0.273 e. The number of amides is 1. The third kappa shape index (κ3) is 3.36. The monoisotopic (exact) mass is 296 g/mol. The molecule has 1 fully saturated rings. The molecule has 0 aliphatic heterocycles. The lowest BCUT2D eigenvalue weighted by atomic mass is 9.94. The van der Waals surface area contributed by atoms with Crippen molar-refractivity contribution in [1.82, 2.24) is 10.3 Å². The molecule has 0 saturated heterocycles. The van der Waals surface area contributed by atoms with Crippen molar-refractivity contribution in [3.05, 3.63) is 24.0 Å². The highest BCUT2D eigenvalue weighted by atomic mass is 32.2. The largest absolute Gasteiger partial charge is 0.505 e. The fourth-order valence-corrected chi connectivity index (χ4v) is 4.03. The van der Waals surface area contributed by atoms with Crippen molar-refractivity contribution in [2.75, 3.05) is 5.75 Å². The molecule has 1 amide bonds. The molecule has 110 valence electrons. The van der Waals surface area contributed by atoms with E-state index in [0.29, 0.717) is 5.75 Å². The van der Waals surface area contributed by atoms with Gasteiger partial charge in [-0.3, -0.25) is 9.00 Å². The third-order valence-corrected chi connectivity index (χ3v) is 5.45. The molecule has 5 nitrogen and oxygen atoms in total. The number of nitrogens with one attached hydrogen (secondary N) is 1. The van der Waals surface area contributed by atoms with E-state index in [-0.39, 0.29) is 22.7 Å². The maximum absolute atomic E-state index is 12.2. The number of hydrogen-bond donors (Lipinski definition) is 2. The van der Waals surface area contributed by atoms with Crippen molar-refractivity contribution in [3.8, 4) is 5.75 Å². The van der Waals surface area contributed by atoms with Crippen LogP contribution in [0.2, 0.25) is 0 Å². The Labute approximate surface area is 121 Å². The van der Waals surface area contributed by atoms with Gasteiger partial charge in [0.15, 0.2) is 5.69 Å². The first-order valence-electron chi connectivity index (χ1n) is 6.95. The van der Waals surface area contributed by atoms with Crippen LogP contribution in [-0.2, 0) is 10.8 Å². The number of rotatable bonds is 4. The van der Waals surface area contributed by atoms with Crippen LogP contribution in [0.25, 0.3) is 0 Å². The highest BCUT2D eigenvalue weighted by Crippen LogP contribution is 2.24. The number of hydrogen-bond acceptors (Lipinski definition) is 4. The zero-order chi connectivity index (χ0) is 14.5. The Hall–Kier alpha value is -1.43. The lowest BCUT2D eigenvalue weighted by Crippen LogP contribution is -2.47. The minimum atomic E-state index is -0.919. The highest BCUT2D eigenvalue weighted by molar-refractivity contribution is 7.85. The first-order chi connectivity index (χ1) is 9.63. The molecular formula is C14H20N2O3S. The molecule has 20 heavy (non-hydrogen) atoms. The van der Waals surface area contributed by atoms with E-state index in [4.69, 9.17) is 0 Å². The summed E-state index contributed by atoms with van der Waals surface area (Å²) in [6.45, 7) is 1.90. The Morgan fingerprint density at radius 3 is 2.95 bits per heavy atom. The van der Waals surface area contributed by atoms with Gasteiger partial charge in [0.1, 0.15) is 5.75 Å². The summed E-state index contributed by atoms with van der Waals surface area (Å²) in [4.78, 5) is 16.1. The van der Waals surface area contributed by atoms with Crippen LogP contribution in [0, 0.1) is 0 Å². The van der Waals surface area contributed by atoms with E-state index in [1.807, 2.05) is 6.92 Å². The molecule has 1 aromatic heterocycles. The van der Waals surface area contributed by atoms with Gasteiger partial charge in [-0.25, -0.2) is 4.98 Å². The lowest BCUT2D eigenvalue weighted by molar-refractivity contribution is 0.0921. The molecule has 0 radical (unpaired) electrons. The third-order valence-electron chi connectivity index (χ3n) is 3.64. The normalized spacial score (nSPS) is 24.1. The van der Waals surface area contributed by atoms with E-state index in [2.05, 4.69) is 10.3 Å². The predicted molar refractivity (Wildman–Crippen MR) is 78.1 cm³/mol. The Bertz CT molecular complexity index is 507. The van der Waals surface area contributed by atoms with Gasteiger partial charge in [0.25, 0.3) is 5.91 Å². The second-order valence-corrected chi connectivity index (χ2v) is 6.89. The van der Waals surface area contributed by atoms with Crippen molar-refractivity contribution < 1.29 is 14.1 Å². The van der Waals surface area contributed by atoms with Gasteiger partial charge >= 0.3 is 0 Å². The summed E-state index contributed by atoms with van der Waals surface area (Å²) in [7, 11) is -0.919. The SMILES string of the molecule is CCS(=O)C1CCCCC1NC(=O)c1ncccc1O. The molecule has 3 atom stereocenters. The lowest BCUT2D eigenvalue weighted by Gasteiger charge is -2.31. The first kappa shape index (κ1) is 15.0. The van der Waals surface area contributed by atoms with Crippen LogP contribution in [0.1, 0.15) is 43.1 Å². The summed E-state index contributed by atoms with van der Waals surface area (Å²) in [5.41, 5.74) is 0.0269. The quantitative estimate of drug-likeness (QED) is 0.884. The van der Waals surface area contributed by atoms with Crippen LogP contribution in [-0.4, -0.2) is 37.3 Å². The second kappa shape index (κ2) is 6.83. The summed E-state index contributed by atoms with van der Waals surface area (Å²) < 4.78 is 12.1. The van der Waals surface area contributed by atoms with Crippen molar-refractivity contribution >= 4 is 16.7 Å². The minimum absolute atomic E-state index is 0.00329. The Morgan fingerprint density at radius 2 is 2.25 bits per heavy atom. The van der Waals surface area contributed by atoms with Gasteiger partial charge in [0.2, 0.25) is 0 Å². The Kier molecular flexibility index (Phi) is 5.11. The van der Waals surface area contributed by atoms with E-state index in [0.717, 1.165) is 25.7 Å². The fraction of sp³-hybridized carbons (Fsp3) is 0.571. The summed E-state index contributed by atoms with van der Waals surface area (Å²) in [5, 5.41) is 12.5. The van der Waals surface area contributed by atoms with Gasteiger partial charge < -0.3 is 10.4 Å². The molecule has 6 heteroatoms. The molecule has 2 rings (SSSR count). The summed E-state index contributed by atoms with van der Waals surface area (Å²) >= 11 is 0. The molecule has 1 aliphatic rings. The molecule has 1 heterocycles. The van der Waals surface area contributed by atoms with E-state index >= 15 is 0 Å². The molecule has 3 unspecified atom stereocenters. The Balaban J connectivity index is 2.09. The second-order valence-electron chi connectivity index (χ2n) is 4.94. The molecule has 0 aromatic carbocycles. The highest BCUT2D eigenvalue weighted by Gasteiger charge is 2.31. The number of pyridine rings is 1. The van der Waals surface area contributed by atoms with Crippen molar-refractivity contribution in [2.24, 2.45) is 0 Å². The van der Waals surface area contributed by atoms with Gasteiger partial charge in [-0.1, -0.05) is 19.8 Å². The summed E-state index contributed by atoms with van der Waals surface area (Å²) in [6.07, 6.45) is 5.25. The van der Waals surface area contributed by atoms with E-state index in [1.54, 1.807) is 6.07 Å². The zero-order valence-corrected chi connectivity index (χ0v) is 12.4. The molecular weight excluding hydrogens is 276 g/mol.